The molecule has 2 unspecified atom stereocenters. The molecule has 1 rings (SSSR count). The highest BCUT2D eigenvalue weighted by Gasteiger charge is 2.18. The minimum absolute atomic E-state index is 0.0185. The SMILES string of the molecule is CC(=O)NC1CC/C=C/CCC1N. The number of carbonyl (C=O) groups is 1. The lowest BCUT2D eigenvalue weighted by molar-refractivity contribution is -0.119. The summed E-state index contributed by atoms with van der Waals surface area (Å²) in [5, 5.41) is 2.90. The third-order valence-corrected chi connectivity index (χ3v) is 2.38. The Morgan fingerprint density at radius 2 is 2.00 bits per heavy atom. The third-order valence-electron chi connectivity index (χ3n) is 2.38. The van der Waals surface area contributed by atoms with Crippen molar-refractivity contribution in [1.29, 1.82) is 0 Å². The van der Waals surface area contributed by atoms with Gasteiger partial charge in [0, 0.05) is 19.0 Å². The molecular formula is C10H18N2O. The second-order valence-corrected chi connectivity index (χ2v) is 3.60. The van der Waals surface area contributed by atoms with Crippen molar-refractivity contribution in [3.05, 3.63) is 12.2 Å². The maximum atomic E-state index is 10.9. The van der Waals surface area contributed by atoms with Gasteiger partial charge >= 0.3 is 0 Å². The lowest BCUT2D eigenvalue weighted by atomic mass is 9.96. The standard InChI is InChI=1S/C10H18N2O/c1-8(13)12-10-7-5-3-2-4-6-9(10)11/h2-3,9-10H,4-7,11H2,1H3,(H,12,13)/b3-2+. The third kappa shape index (κ3) is 3.59. The molecule has 74 valence electrons. The fourth-order valence-corrected chi connectivity index (χ4v) is 1.66. The van der Waals surface area contributed by atoms with Gasteiger partial charge in [-0.2, -0.15) is 0 Å². The van der Waals surface area contributed by atoms with Crippen molar-refractivity contribution in [2.24, 2.45) is 5.73 Å². The molecule has 13 heavy (non-hydrogen) atoms. The predicted molar refractivity (Wildman–Crippen MR) is 53.2 cm³/mol. The van der Waals surface area contributed by atoms with Gasteiger partial charge in [-0.05, 0) is 25.7 Å². The fraction of sp³-hybridized carbons (Fsp3) is 0.700. The van der Waals surface area contributed by atoms with Gasteiger partial charge in [0.2, 0.25) is 5.91 Å². The van der Waals surface area contributed by atoms with Crippen molar-refractivity contribution in [1.82, 2.24) is 5.32 Å². The second kappa shape index (κ2) is 5.02. The van der Waals surface area contributed by atoms with Crippen LogP contribution in [0, 0.1) is 0 Å². The number of hydrogen-bond donors (Lipinski definition) is 2. The Morgan fingerprint density at radius 1 is 1.38 bits per heavy atom. The first-order chi connectivity index (χ1) is 6.20. The molecule has 0 saturated heterocycles. The molecule has 0 heterocycles. The average molecular weight is 182 g/mol. The molecule has 0 saturated carbocycles. The van der Waals surface area contributed by atoms with Crippen LogP contribution in [0.15, 0.2) is 12.2 Å². The van der Waals surface area contributed by atoms with E-state index in [1.165, 1.54) is 0 Å². The van der Waals surface area contributed by atoms with Crippen LogP contribution in [0.5, 0.6) is 0 Å². The summed E-state index contributed by atoms with van der Waals surface area (Å²) in [5.74, 6) is 0.0185. The zero-order valence-electron chi connectivity index (χ0n) is 8.12. The lowest BCUT2D eigenvalue weighted by Gasteiger charge is -2.25. The van der Waals surface area contributed by atoms with E-state index in [1.807, 2.05) is 0 Å². The van der Waals surface area contributed by atoms with Gasteiger partial charge in [0.05, 0.1) is 0 Å². The minimum atomic E-state index is 0.0185. The van der Waals surface area contributed by atoms with Crippen molar-refractivity contribution >= 4 is 5.91 Å². The van der Waals surface area contributed by atoms with Gasteiger partial charge in [-0.25, -0.2) is 0 Å². The number of hydrogen-bond acceptors (Lipinski definition) is 2. The number of allylic oxidation sites excluding steroid dienone is 2. The molecule has 0 spiro atoms. The van der Waals surface area contributed by atoms with E-state index in [2.05, 4.69) is 17.5 Å². The normalized spacial score (nSPS) is 31.5. The van der Waals surface area contributed by atoms with Crippen LogP contribution in [-0.2, 0) is 4.79 Å². The summed E-state index contributed by atoms with van der Waals surface area (Å²) >= 11 is 0. The molecule has 1 aliphatic rings. The summed E-state index contributed by atoms with van der Waals surface area (Å²) in [5.41, 5.74) is 5.95. The Morgan fingerprint density at radius 3 is 2.62 bits per heavy atom. The number of carbonyl (C=O) groups excluding carboxylic acids is 1. The zero-order chi connectivity index (χ0) is 9.68. The summed E-state index contributed by atoms with van der Waals surface area (Å²) in [6, 6.07) is 0.260. The maximum absolute atomic E-state index is 10.9. The number of nitrogens with two attached hydrogens (primary N) is 1. The highest BCUT2D eigenvalue weighted by Crippen LogP contribution is 2.11. The van der Waals surface area contributed by atoms with Crippen LogP contribution in [0.2, 0.25) is 0 Å². The number of nitrogens with one attached hydrogen (secondary N) is 1. The Labute approximate surface area is 79.4 Å². The van der Waals surface area contributed by atoms with Crippen LogP contribution in [0.25, 0.3) is 0 Å². The monoisotopic (exact) mass is 182 g/mol. The van der Waals surface area contributed by atoms with Gasteiger partial charge in [-0.3, -0.25) is 4.79 Å². The topological polar surface area (TPSA) is 55.1 Å². The summed E-state index contributed by atoms with van der Waals surface area (Å²) in [4.78, 5) is 10.9. The van der Waals surface area contributed by atoms with Crippen molar-refractivity contribution < 1.29 is 4.79 Å². The van der Waals surface area contributed by atoms with Crippen LogP contribution in [0.1, 0.15) is 32.6 Å². The van der Waals surface area contributed by atoms with E-state index in [-0.39, 0.29) is 18.0 Å². The van der Waals surface area contributed by atoms with E-state index in [0.29, 0.717) is 0 Å². The first-order valence-corrected chi connectivity index (χ1v) is 4.88. The molecule has 0 aromatic heterocycles. The van der Waals surface area contributed by atoms with E-state index in [0.717, 1.165) is 25.7 Å². The van der Waals surface area contributed by atoms with Crippen LogP contribution >= 0.6 is 0 Å². The molecule has 3 N–H and O–H groups in total. The highest BCUT2D eigenvalue weighted by molar-refractivity contribution is 5.73. The minimum Gasteiger partial charge on any atom is -0.352 e. The van der Waals surface area contributed by atoms with Crippen molar-refractivity contribution in [2.45, 2.75) is 44.7 Å². The Balaban J connectivity index is 2.48. The molecule has 0 aromatic rings. The fourth-order valence-electron chi connectivity index (χ4n) is 1.66. The predicted octanol–water partition coefficient (Wildman–Crippen LogP) is 0.949. The molecule has 3 heteroatoms. The van der Waals surface area contributed by atoms with Crippen LogP contribution in [0.3, 0.4) is 0 Å². The molecule has 0 aromatic carbocycles. The summed E-state index contributed by atoms with van der Waals surface area (Å²) in [7, 11) is 0. The second-order valence-electron chi connectivity index (χ2n) is 3.60. The van der Waals surface area contributed by atoms with Gasteiger partial charge in [0.15, 0.2) is 0 Å². The molecule has 0 fully saturated rings. The molecule has 1 amide bonds. The number of rotatable bonds is 1. The molecular weight excluding hydrogens is 164 g/mol. The largest absolute Gasteiger partial charge is 0.352 e. The Hall–Kier alpha value is -0.830. The lowest BCUT2D eigenvalue weighted by Crippen LogP contribution is -2.47. The van der Waals surface area contributed by atoms with Gasteiger partial charge < -0.3 is 11.1 Å². The molecule has 2 atom stereocenters. The van der Waals surface area contributed by atoms with E-state index in [1.54, 1.807) is 6.92 Å². The first kappa shape index (κ1) is 10.3. The average Bonchev–Trinajstić information content (AvgIpc) is 2.04. The van der Waals surface area contributed by atoms with E-state index in [4.69, 9.17) is 5.73 Å². The van der Waals surface area contributed by atoms with Crippen LogP contribution in [0.4, 0.5) is 0 Å². The van der Waals surface area contributed by atoms with Crippen molar-refractivity contribution in [2.75, 3.05) is 0 Å². The highest BCUT2D eigenvalue weighted by atomic mass is 16.1. The van der Waals surface area contributed by atoms with Crippen molar-refractivity contribution in [3.63, 3.8) is 0 Å². The summed E-state index contributed by atoms with van der Waals surface area (Å²) < 4.78 is 0. The molecule has 1 aliphatic carbocycles. The molecule has 0 radical (unpaired) electrons. The smallest absolute Gasteiger partial charge is 0.217 e. The first-order valence-electron chi connectivity index (χ1n) is 4.88. The van der Waals surface area contributed by atoms with Crippen LogP contribution < -0.4 is 11.1 Å². The molecule has 3 nitrogen and oxygen atoms in total. The van der Waals surface area contributed by atoms with Crippen LogP contribution in [-0.4, -0.2) is 18.0 Å². The van der Waals surface area contributed by atoms with Gasteiger partial charge in [0.25, 0.3) is 0 Å². The Kier molecular flexibility index (Phi) is 3.96. The van der Waals surface area contributed by atoms with Gasteiger partial charge in [-0.1, -0.05) is 12.2 Å². The molecule has 0 bridgehead atoms. The number of amides is 1. The summed E-state index contributed by atoms with van der Waals surface area (Å²) in [6.07, 6.45) is 8.29. The van der Waals surface area contributed by atoms with Gasteiger partial charge in [-0.15, -0.1) is 0 Å². The van der Waals surface area contributed by atoms with Gasteiger partial charge in [0.1, 0.15) is 0 Å². The zero-order valence-corrected chi connectivity index (χ0v) is 8.12. The Bertz CT molecular complexity index is 201. The van der Waals surface area contributed by atoms with E-state index >= 15 is 0 Å². The summed E-state index contributed by atoms with van der Waals surface area (Å²) in [6.45, 7) is 1.54. The molecule has 0 aliphatic heterocycles. The van der Waals surface area contributed by atoms with E-state index in [9.17, 15) is 4.79 Å². The maximum Gasteiger partial charge on any atom is 0.217 e. The van der Waals surface area contributed by atoms with Crippen molar-refractivity contribution in [3.8, 4) is 0 Å². The quantitative estimate of drug-likeness (QED) is 0.593. The van der Waals surface area contributed by atoms with E-state index < -0.39 is 0 Å².